The van der Waals surface area contributed by atoms with Crippen molar-refractivity contribution in [1.82, 2.24) is 5.32 Å². The maximum atomic E-state index is 12.2. The summed E-state index contributed by atoms with van der Waals surface area (Å²) >= 11 is 1.47. The Morgan fingerprint density at radius 1 is 1.62 bits per heavy atom. The molecule has 0 aromatic carbocycles. The number of alkyl halides is 3. The zero-order valence-electron chi connectivity index (χ0n) is 9.06. The van der Waals surface area contributed by atoms with E-state index in [0.717, 1.165) is 0 Å². The third-order valence-electron chi connectivity index (χ3n) is 2.71. The molecule has 1 aliphatic heterocycles. The van der Waals surface area contributed by atoms with Gasteiger partial charge in [0.2, 0.25) is 0 Å². The van der Waals surface area contributed by atoms with Gasteiger partial charge in [0, 0.05) is 5.25 Å². The molecule has 94 valence electrons. The number of halogens is 3. The summed E-state index contributed by atoms with van der Waals surface area (Å²) in [5, 5.41) is 2.10. The van der Waals surface area contributed by atoms with Gasteiger partial charge in [-0.3, -0.25) is 10.1 Å². The Balaban J connectivity index is 2.76. The number of nitrogens with one attached hydrogen (secondary N) is 1. The van der Waals surface area contributed by atoms with E-state index in [2.05, 4.69) is 10.1 Å². The number of hydrogen-bond acceptors (Lipinski definition) is 4. The number of esters is 1. The van der Waals surface area contributed by atoms with E-state index in [4.69, 9.17) is 0 Å². The van der Waals surface area contributed by atoms with Gasteiger partial charge in [-0.1, -0.05) is 6.92 Å². The molecule has 1 heterocycles. The molecule has 16 heavy (non-hydrogen) atoms. The minimum absolute atomic E-state index is 0.220. The quantitative estimate of drug-likeness (QED) is 0.779. The molecule has 0 radical (unpaired) electrons. The van der Waals surface area contributed by atoms with Crippen LogP contribution in [-0.4, -0.2) is 42.3 Å². The second kappa shape index (κ2) is 4.83. The van der Waals surface area contributed by atoms with Gasteiger partial charge in [0.05, 0.1) is 13.7 Å². The smallest absolute Gasteiger partial charge is 0.401 e. The molecular formula is C9H14F3NO2S. The van der Waals surface area contributed by atoms with Crippen LogP contribution in [0.2, 0.25) is 0 Å². The van der Waals surface area contributed by atoms with Gasteiger partial charge in [0.25, 0.3) is 0 Å². The van der Waals surface area contributed by atoms with E-state index in [-0.39, 0.29) is 5.25 Å². The van der Waals surface area contributed by atoms with Crippen LogP contribution in [0.4, 0.5) is 13.2 Å². The summed E-state index contributed by atoms with van der Waals surface area (Å²) in [7, 11) is 1.19. The van der Waals surface area contributed by atoms with E-state index in [1.54, 1.807) is 6.92 Å². The minimum Gasteiger partial charge on any atom is -0.468 e. The Morgan fingerprint density at radius 3 is 2.62 bits per heavy atom. The first-order valence-corrected chi connectivity index (χ1v) is 5.88. The zero-order valence-corrected chi connectivity index (χ0v) is 9.87. The van der Waals surface area contributed by atoms with Crippen LogP contribution in [0, 0.1) is 0 Å². The number of methoxy groups -OCH3 is 1. The van der Waals surface area contributed by atoms with E-state index >= 15 is 0 Å². The lowest BCUT2D eigenvalue weighted by molar-refractivity contribution is -0.153. The minimum atomic E-state index is -4.33. The monoisotopic (exact) mass is 257 g/mol. The zero-order chi connectivity index (χ0) is 12.4. The second-order valence-corrected chi connectivity index (χ2v) is 5.14. The third kappa shape index (κ3) is 2.82. The number of rotatable bonds is 3. The molecular weight excluding hydrogens is 243 g/mol. The van der Waals surface area contributed by atoms with E-state index in [0.29, 0.717) is 12.2 Å². The van der Waals surface area contributed by atoms with Crippen molar-refractivity contribution < 1.29 is 22.7 Å². The Morgan fingerprint density at radius 2 is 2.25 bits per heavy atom. The maximum Gasteiger partial charge on any atom is 0.401 e. The van der Waals surface area contributed by atoms with Gasteiger partial charge in [0.1, 0.15) is 5.54 Å². The molecule has 1 fully saturated rings. The second-order valence-electron chi connectivity index (χ2n) is 3.69. The summed E-state index contributed by atoms with van der Waals surface area (Å²) in [6, 6.07) is 0. The van der Waals surface area contributed by atoms with Crippen LogP contribution in [0.5, 0.6) is 0 Å². The number of hydrogen-bond donors (Lipinski definition) is 1. The fourth-order valence-electron chi connectivity index (χ4n) is 1.75. The first-order valence-electron chi connectivity index (χ1n) is 4.83. The molecule has 0 aliphatic carbocycles. The number of carbonyl (C=O) groups is 1. The molecule has 1 N–H and O–H groups in total. The van der Waals surface area contributed by atoms with Gasteiger partial charge in [-0.05, 0) is 12.2 Å². The van der Waals surface area contributed by atoms with Gasteiger partial charge in [-0.2, -0.15) is 24.9 Å². The molecule has 0 amide bonds. The predicted octanol–water partition coefficient (Wildman–Crippen LogP) is 1.58. The van der Waals surface area contributed by atoms with Gasteiger partial charge in [-0.15, -0.1) is 0 Å². The van der Waals surface area contributed by atoms with Crippen molar-refractivity contribution in [3.8, 4) is 0 Å². The molecule has 1 saturated heterocycles. The van der Waals surface area contributed by atoms with Gasteiger partial charge in [0.15, 0.2) is 0 Å². The van der Waals surface area contributed by atoms with Crippen LogP contribution in [0.25, 0.3) is 0 Å². The first kappa shape index (κ1) is 13.6. The first-order chi connectivity index (χ1) is 7.32. The average molecular weight is 257 g/mol. The molecule has 0 aromatic rings. The summed E-state index contributed by atoms with van der Waals surface area (Å²) in [6.45, 7) is 0.560. The molecule has 2 unspecified atom stereocenters. The van der Waals surface area contributed by atoms with Crippen molar-refractivity contribution in [2.75, 3.05) is 19.4 Å². The standard InChI is InChI=1S/C9H14F3NO2S/c1-6-8(3-4-16-6,7(14)15-2)13-5-9(10,11)12/h6,13H,3-5H2,1-2H3. The highest BCUT2D eigenvalue weighted by Gasteiger charge is 2.49. The fraction of sp³-hybridized carbons (Fsp3) is 0.889. The Labute approximate surface area is 96.1 Å². The molecule has 7 heteroatoms. The van der Waals surface area contributed by atoms with Gasteiger partial charge >= 0.3 is 12.1 Å². The van der Waals surface area contributed by atoms with Crippen LogP contribution in [0.1, 0.15) is 13.3 Å². The van der Waals surface area contributed by atoms with E-state index in [1.807, 2.05) is 0 Å². The lowest BCUT2D eigenvalue weighted by Gasteiger charge is -2.31. The Bertz CT molecular complexity index is 272. The van der Waals surface area contributed by atoms with Crippen LogP contribution in [-0.2, 0) is 9.53 Å². The molecule has 2 atom stereocenters. The van der Waals surface area contributed by atoms with Crippen molar-refractivity contribution in [3.63, 3.8) is 0 Å². The normalized spacial score (nSPS) is 30.4. The van der Waals surface area contributed by atoms with Crippen LogP contribution in [0.3, 0.4) is 0 Å². The van der Waals surface area contributed by atoms with Crippen LogP contribution in [0.15, 0.2) is 0 Å². The molecule has 0 saturated carbocycles. The Hall–Kier alpha value is -0.430. The summed E-state index contributed by atoms with van der Waals surface area (Å²) in [5.41, 5.74) is -1.20. The van der Waals surface area contributed by atoms with E-state index in [1.165, 1.54) is 18.9 Å². The van der Waals surface area contributed by atoms with E-state index in [9.17, 15) is 18.0 Å². The molecule has 0 bridgehead atoms. The number of thioether (sulfide) groups is 1. The lowest BCUT2D eigenvalue weighted by atomic mass is 9.92. The molecule has 0 spiro atoms. The summed E-state index contributed by atoms with van der Waals surface area (Å²) in [6.07, 6.45) is -3.96. The summed E-state index contributed by atoms with van der Waals surface area (Å²) in [5.74, 6) is 0.0375. The SMILES string of the molecule is COC(=O)C1(NCC(F)(F)F)CCSC1C. The van der Waals surface area contributed by atoms with Crippen molar-refractivity contribution in [2.24, 2.45) is 0 Å². The Kier molecular flexibility index (Phi) is 4.12. The third-order valence-corrected chi connectivity index (χ3v) is 4.05. The van der Waals surface area contributed by atoms with E-state index < -0.39 is 24.2 Å². The fourth-order valence-corrected chi connectivity index (χ4v) is 3.13. The molecule has 1 aliphatic rings. The molecule has 0 aromatic heterocycles. The van der Waals surface area contributed by atoms with Crippen molar-refractivity contribution in [3.05, 3.63) is 0 Å². The van der Waals surface area contributed by atoms with Gasteiger partial charge in [-0.25, -0.2) is 0 Å². The highest BCUT2D eigenvalue weighted by molar-refractivity contribution is 8.00. The largest absolute Gasteiger partial charge is 0.468 e. The molecule has 3 nitrogen and oxygen atoms in total. The van der Waals surface area contributed by atoms with Gasteiger partial charge < -0.3 is 4.74 Å². The lowest BCUT2D eigenvalue weighted by Crippen LogP contribution is -2.58. The summed E-state index contributed by atoms with van der Waals surface area (Å²) in [4.78, 5) is 11.6. The highest BCUT2D eigenvalue weighted by Crippen LogP contribution is 2.37. The number of carbonyl (C=O) groups excluding carboxylic acids is 1. The maximum absolute atomic E-state index is 12.2. The topological polar surface area (TPSA) is 38.3 Å². The van der Waals surface area contributed by atoms with Crippen molar-refractivity contribution in [1.29, 1.82) is 0 Å². The van der Waals surface area contributed by atoms with Crippen molar-refractivity contribution in [2.45, 2.75) is 30.3 Å². The van der Waals surface area contributed by atoms with Crippen molar-refractivity contribution >= 4 is 17.7 Å². The average Bonchev–Trinajstić information content (AvgIpc) is 2.56. The highest BCUT2D eigenvalue weighted by atomic mass is 32.2. The molecule has 1 rings (SSSR count). The predicted molar refractivity (Wildman–Crippen MR) is 55.3 cm³/mol. The van der Waals surface area contributed by atoms with Crippen LogP contribution >= 0.6 is 11.8 Å². The van der Waals surface area contributed by atoms with Crippen LogP contribution < -0.4 is 5.32 Å². The number of ether oxygens (including phenoxy) is 1. The summed E-state index contributed by atoms with van der Waals surface area (Å²) < 4.78 is 41.0.